The lowest BCUT2D eigenvalue weighted by molar-refractivity contribution is 0.823. The molecule has 18 heavy (non-hydrogen) atoms. The van der Waals surface area contributed by atoms with E-state index in [2.05, 4.69) is 34.2 Å². The van der Waals surface area contributed by atoms with Gasteiger partial charge in [0, 0.05) is 5.92 Å². The SMILES string of the molecule is CC(c1ccccc1)c1nc(-c2cccs2)n[nH]1. The number of nitrogens with zero attached hydrogens (tertiary/aromatic N) is 2. The standard InChI is InChI=1S/C14H13N3S/c1-10(11-6-3-2-4-7-11)13-15-14(17-16-13)12-8-5-9-18-12/h2-10H,1H3,(H,15,16,17). The Morgan fingerprint density at radius 2 is 1.94 bits per heavy atom. The molecule has 2 aromatic heterocycles. The van der Waals surface area contributed by atoms with Crippen LogP contribution in [0.3, 0.4) is 0 Å². The zero-order valence-corrected chi connectivity index (χ0v) is 10.8. The number of benzene rings is 1. The van der Waals surface area contributed by atoms with Crippen molar-refractivity contribution in [2.75, 3.05) is 0 Å². The van der Waals surface area contributed by atoms with E-state index < -0.39 is 0 Å². The van der Waals surface area contributed by atoms with Gasteiger partial charge in [-0.15, -0.1) is 11.3 Å². The largest absolute Gasteiger partial charge is 0.262 e. The maximum Gasteiger partial charge on any atom is 0.191 e. The molecule has 0 amide bonds. The highest BCUT2D eigenvalue weighted by atomic mass is 32.1. The van der Waals surface area contributed by atoms with Crippen LogP contribution in [0.1, 0.15) is 24.2 Å². The van der Waals surface area contributed by atoms with Gasteiger partial charge < -0.3 is 0 Å². The van der Waals surface area contributed by atoms with Crippen LogP contribution >= 0.6 is 11.3 Å². The minimum absolute atomic E-state index is 0.229. The topological polar surface area (TPSA) is 41.6 Å². The molecule has 4 heteroatoms. The van der Waals surface area contributed by atoms with Gasteiger partial charge in [-0.3, -0.25) is 5.10 Å². The second-order valence-electron chi connectivity index (χ2n) is 4.15. The Bertz CT molecular complexity index is 614. The molecule has 2 heterocycles. The molecule has 0 saturated heterocycles. The molecule has 1 N–H and O–H groups in total. The fourth-order valence-electron chi connectivity index (χ4n) is 1.88. The summed E-state index contributed by atoms with van der Waals surface area (Å²) in [6.07, 6.45) is 0. The van der Waals surface area contributed by atoms with Crippen molar-refractivity contribution in [3.8, 4) is 10.7 Å². The first-order valence-electron chi connectivity index (χ1n) is 5.85. The molecule has 0 aliphatic heterocycles. The summed E-state index contributed by atoms with van der Waals surface area (Å²) in [7, 11) is 0. The van der Waals surface area contributed by atoms with Crippen LogP contribution in [-0.2, 0) is 0 Å². The lowest BCUT2D eigenvalue weighted by Crippen LogP contribution is -1.98. The molecule has 90 valence electrons. The van der Waals surface area contributed by atoms with Gasteiger partial charge >= 0.3 is 0 Å². The Kier molecular flexibility index (Phi) is 2.94. The van der Waals surface area contributed by atoms with Gasteiger partial charge in [0.15, 0.2) is 5.82 Å². The third-order valence-corrected chi connectivity index (χ3v) is 3.82. The predicted molar refractivity (Wildman–Crippen MR) is 73.7 cm³/mol. The van der Waals surface area contributed by atoms with Gasteiger partial charge in [0.25, 0.3) is 0 Å². The van der Waals surface area contributed by atoms with E-state index in [1.165, 1.54) is 5.56 Å². The highest BCUT2D eigenvalue weighted by Gasteiger charge is 2.14. The number of hydrogen-bond acceptors (Lipinski definition) is 3. The summed E-state index contributed by atoms with van der Waals surface area (Å²) in [6.45, 7) is 2.13. The summed E-state index contributed by atoms with van der Waals surface area (Å²) < 4.78 is 0. The number of hydrogen-bond donors (Lipinski definition) is 1. The molecule has 1 atom stereocenters. The van der Waals surface area contributed by atoms with E-state index in [1.54, 1.807) is 11.3 Å². The molecule has 0 saturated carbocycles. The number of nitrogens with one attached hydrogen (secondary N) is 1. The number of aromatic nitrogens is 3. The van der Waals surface area contributed by atoms with Crippen LogP contribution in [0, 0.1) is 0 Å². The van der Waals surface area contributed by atoms with E-state index in [9.17, 15) is 0 Å². The average Bonchev–Trinajstić information content (AvgIpc) is 3.09. The lowest BCUT2D eigenvalue weighted by Gasteiger charge is -2.07. The number of H-pyrrole nitrogens is 1. The Morgan fingerprint density at radius 1 is 1.11 bits per heavy atom. The molecule has 3 nitrogen and oxygen atoms in total. The van der Waals surface area contributed by atoms with Crippen molar-refractivity contribution >= 4 is 11.3 Å². The van der Waals surface area contributed by atoms with E-state index in [-0.39, 0.29) is 5.92 Å². The quantitative estimate of drug-likeness (QED) is 0.775. The molecule has 3 rings (SSSR count). The lowest BCUT2D eigenvalue weighted by atomic mass is 10.0. The fraction of sp³-hybridized carbons (Fsp3) is 0.143. The summed E-state index contributed by atoms with van der Waals surface area (Å²) >= 11 is 1.65. The molecule has 0 bridgehead atoms. The van der Waals surface area contributed by atoms with Crippen molar-refractivity contribution in [3.63, 3.8) is 0 Å². The molecule has 0 aliphatic rings. The van der Waals surface area contributed by atoms with Crippen molar-refractivity contribution in [3.05, 3.63) is 59.2 Å². The maximum absolute atomic E-state index is 4.57. The predicted octanol–water partition coefficient (Wildman–Crippen LogP) is 3.69. The van der Waals surface area contributed by atoms with Crippen molar-refractivity contribution in [2.24, 2.45) is 0 Å². The Morgan fingerprint density at radius 3 is 2.67 bits per heavy atom. The molecule has 0 radical (unpaired) electrons. The van der Waals surface area contributed by atoms with Gasteiger partial charge in [-0.25, -0.2) is 4.98 Å². The van der Waals surface area contributed by atoms with E-state index in [1.807, 2.05) is 35.7 Å². The first-order chi connectivity index (χ1) is 8.84. The maximum atomic E-state index is 4.57. The van der Waals surface area contributed by atoms with Crippen molar-refractivity contribution in [2.45, 2.75) is 12.8 Å². The molecule has 3 aromatic rings. The van der Waals surface area contributed by atoms with Crippen molar-refractivity contribution < 1.29 is 0 Å². The summed E-state index contributed by atoms with van der Waals surface area (Å²) in [6, 6.07) is 14.4. The molecular weight excluding hydrogens is 242 g/mol. The molecule has 0 spiro atoms. The van der Waals surface area contributed by atoms with Gasteiger partial charge in [-0.1, -0.05) is 43.3 Å². The fourth-order valence-corrected chi connectivity index (χ4v) is 2.54. The van der Waals surface area contributed by atoms with Crippen LogP contribution in [0.5, 0.6) is 0 Å². The third kappa shape index (κ3) is 2.07. The van der Waals surface area contributed by atoms with E-state index in [4.69, 9.17) is 0 Å². The van der Waals surface area contributed by atoms with Crippen LogP contribution in [0.25, 0.3) is 10.7 Å². The smallest absolute Gasteiger partial charge is 0.191 e. The molecule has 1 aromatic carbocycles. The molecule has 0 fully saturated rings. The van der Waals surface area contributed by atoms with E-state index in [0.717, 1.165) is 16.5 Å². The monoisotopic (exact) mass is 255 g/mol. The molecule has 1 unspecified atom stereocenters. The Labute approximate surface area is 110 Å². The van der Waals surface area contributed by atoms with Crippen LogP contribution in [-0.4, -0.2) is 15.2 Å². The van der Waals surface area contributed by atoms with Gasteiger partial charge in [-0.05, 0) is 17.0 Å². The number of thiophene rings is 1. The Balaban J connectivity index is 1.90. The summed E-state index contributed by atoms with van der Waals surface area (Å²) in [5.74, 6) is 1.92. The first-order valence-corrected chi connectivity index (χ1v) is 6.73. The van der Waals surface area contributed by atoms with Crippen LogP contribution in [0.2, 0.25) is 0 Å². The van der Waals surface area contributed by atoms with E-state index >= 15 is 0 Å². The zero-order valence-electron chi connectivity index (χ0n) is 10.00. The minimum Gasteiger partial charge on any atom is -0.262 e. The minimum atomic E-state index is 0.229. The summed E-state index contributed by atoms with van der Waals surface area (Å²) in [4.78, 5) is 5.67. The number of rotatable bonds is 3. The first kappa shape index (κ1) is 11.2. The van der Waals surface area contributed by atoms with Crippen LogP contribution in [0.15, 0.2) is 47.8 Å². The molecule has 0 aliphatic carbocycles. The second-order valence-corrected chi connectivity index (χ2v) is 5.10. The van der Waals surface area contributed by atoms with Crippen molar-refractivity contribution in [1.29, 1.82) is 0 Å². The van der Waals surface area contributed by atoms with Gasteiger partial charge in [0.1, 0.15) is 5.82 Å². The molecular formula is C14H13N3S. The average molecular weight is 255 g/mol. The van der Waals surface area contributed by atoms with Gasteiger partial charge in [-0.2, -0.15) is 5.10 Å². The normalized spacial score (nSPS) is 12.5. The van der Waals surface area contributed by atoms with Crippen molar-refractivity contribution in [1.82, 2.24) is 15.2 Å². The van der Waals surface area contributed by atoms with Gasteiger partial charge in [0.2, 0.25) is 0 Å². The zero-order chi connectivity index (χ0) is 12.4. The second kappa shape index (κ2) is 4.74. The summed E-state index contributed by atoms with van der Waals surface area (Å²) in [5.41, 5.74) is 1.24. The van der Waals surface area contributed by atoms with Crippen LogP contribution < -0.4 is 0 Å². The van der Waals surface area contributed by atoms with Crippen LogP contribution in [0.4, 0.5) is 0 Å². The third-order valence-electron chi connectivity index (χ3n) is 2.95. The van der Waals surface area contributed by atoms with E-state index in [0.29, 0.717) is 0 Å². The van der Waals surface area contributed by atoms with Gasteiger partial charge in [0.05, 0.1) is 4.88 Å². The summed E-state index contributed by atoms with van der Waals surface area (Å²) in [5, 5.41) is 9.35. The Hall–Kier alpha value is -1.94. The highest BCUT2D eigenvalue weighted by molar-refractivity contribution is 7.13. The number of aromatic amines is 1. The highest BCUT2D eigenvalue weighted by Crippen LogP contribution is 2.25.